The van der Waals surface area contributed by atoms with Crippen molar-refractivity contribution in [3.63, 3.8) is 0 Å². The van der Waals surface area contributed by atoms with Crippen LogP contribution in [0.25, 0.3) is 0 Å². The molecule has 2 rings (SSSR count). The number of furan rings is 1. The summed E-state index contributed by atoms with van der Waals surface area (Å²) in [6.07, 6.45) is 2.88. The summed E-state index contributed by atoms with van der Waals surface area (Å²) in [7, 11) is 0. The van der Waals surface area contributed by atoms with Gasteiger partial charge in [0.1, 0.15) is 5.76 Å². The Morgan fingerprint density at radius 1 is 1.24 bits per heavy atom. The number of halogens is 1. The Bertz CT molecular complexity index is 540. The second-order valence-corrected chi connectivity index (χ2v) is 5.91. The van der Waals surface area contributed by atoms with Crippen molar-refractivity contribution in [2.75, 3.05) is 18.0 Å². The number of anilines is 1. The van der Waals surface area contributed by atoms with E-state index in [1.807, 2.05) is 12.1 Å². The number of hydrogen-bond donors (Lipinski definition) is 1. The normalized spacial score (nSPS) is 10.8. The molecule has 0 bridgehead atoms. The zero-order valence-electron chi connectivity index (χ0n) is 12.7. The first-order chi connectivity index (χ1) is 10.2. The van der Waals surface area contributed by atoms with Gasteiger partial charge in [-0.1, -0.05) is 13.0 Å². The zero-order valence-corrected chi connectivity index (χ0v) is 14.3. The van der Waals surface area contributed by atoms with Crippen LogP contribution in [-0.4, -0.2) is 13.1 Å². The van der Waals surface area contributed by atoms with E-state index in [1.165, 1.54) is 11.3 Å². The molecule has 114 valence electrons. The van der Waals surface area contributed by atoms with Crippen molar-refractivity contribution < 1.29 is 4.42 Å². The molecule has 1 aromatic heterocycles. The van der Waals surface area contributed by atoms with Crippen LogP contribution in [0.15, 0.2) is 45.5 Å². The maximum Gasteiger partial charge on any atom is 0.123 e. The van der Waals surface area contributed by atoms with Gasteiger partial charge in [0.2, 0.25) is 0 Å². The monoisotopic (exact) mass is 350 g/mol. The van der Waals surface area contributed by atoms with Gasteiger partial charge in [0, 0.05) is 17.6 Å². The summed E-state index contributed by atoms with van der Waals surface area (Å²) < 4.78 is 6.58. The molecule has 4 heteroatoms. The van der Waals surface area contributed by atoms with E-state index in [0.717, 1.165) is 42.8 Å². The Kier molecular flexibility index (Phi) is 6.33. The van der Waals surface area contributed by atoms with Crippen LogP contribution >= 0.6 is 15.9 Å². The summed E-state index contributed by atoms with van der Waals surface area (Å²) in [5.74, 6) is 0.984. The standard InChI is InChI=1S/C17H23BrN2O/c1-3-9-19-12-14-7-8-17(16(18)11-14)20(4-2)13-15-6-5-10-21-15/h5-8,10-11,19H,3-4,9,12-13H2,1-2H3. The molecule has 0 aliphatic rings. The van der Waals surface area contributed by atoms with Crippen LogP contribution in [-0.2, 0) is 13.1 Å². The minimum Gasteiger partial charge on any atom is -0.467 e. The zero-order chi connectivity index (χ0) is 15.1. The number of rotatable bonds is 8. The van der Waals surface area contributed by atoms with E-state index in [9.17, 15) is 0 Å². The molecule has 21 heavy (non-hydrogen) atoms. The summed E-state index contributed by atoms with van der Waals surface area (Å²) in [4.78, 5) is 2.30. The molecule has 0 unspecified atom stereocenters. The van der Waals surface area contributed by atoms with Gasteiger partial charge in [0.25, 0.3) is 0 Å². The van der Waals surface area contributed by atoms with Crippen molar-refractivity contribution >= 4 is 21.6 Å². The molecule has 0 aliphatic carbocycles. The van der Waals surface area contributed by atoms with Crippen molar-refractivity contribution in [1.29, 1.82) is 0 Å². The molecular weight excluding hydrogens is 328 g/mol. The van der Waals surface area contributed by atoms with E-state index in [4.69, 9.17) is 4.42 Å². The quantitative estimate of drug-likeness (QED) is 0.707. The van der Waals surface area contributed by atoms with Crippen molar-refractivity contribution in [3.05, 3.63) is 52.4 Å². The molecule has 0 saturated heterocycles. The number of nitrogens with zero attached hydrogens (tertiary/aromatic N) is 1. The van der Waals surface area contributed by atoms with E-state index in [1.54, 1.807) is 6.26 Å². The van der Waals surface area contributed by atoms with Gasteiger partial charge < -0.3 is 14.6 Å². The molecule has 0 saturated carbocycles. The van der Waals surface area contributed by atoms with E-state index in [0.29, 0.717) is 0 Å². The van der Waals surface area contributed by atoms with Gasteiger partial charge in [0.05, 0.1) is 18.5 Å². The average molecular weight is 351 g/mol. The molecule has 0 spiro atoms. The van der Waals surface area contributed by atoms with Crippen molar-refractivity contribution in [3.8, 4) is 0 Å². The summed E-state index contributed by atoms with van der Waals surface area (Å²) in [6.45, 7) is 8.03. The maximum absolute atomic E-state index is 5.45. The third-order valence-electron chi connectivity index (χ3n) is 3.42. The SMILES string of the molecule is CCCNCc1ccc(N(CC)Cc2ccco2)c(Br)c1. The highest BCUT2D eigenvalue weighted by atomic mass is 79.9. The molecule has 0 fully saturated rings. The highest BCUT2D eigenvalue weighted by Gasteiger charge is 2.11. The van der Waals surface area contributed by atoms with E-state index >= 15 is 0 Å². The first kappa shape index (κ1) is 16.1. The molecule has 0 amide bonds. The smallest absolute Gasteiger partial charge is 0.123 e. The van der Waals surface area contributed by atoms with E-state index in [-0.39, 0.29) is 0 Å². The Morgan fingerprint density at radius 2 is 2.10 bits per heavy atom. The largest absolute Gasteiger partial charge is 0.467 e. The van der Waals surface area contributed by atoms with Gasteiger partial charge >= 0.3 is 0 Å². The van der Waals surface area contributed by atoms with Crippen molar-refractivity contribution in [1.82, 2.24) is 5.32 Å². The lowest BCUT2D eigenvalue weighted by Gasteiger charge is -2.23. The topological polar surface area (TPSA) is 28.4 Å². The Balaban J connectivity index is 2.07. The fraction of sp³-hybridized carbons (Fsp3) is 0.412. The van der Waals surface area contributed by atoms with Gasteiger partial charge in [-0.2, -0.15) is 0 Å². The third-order valence-corrected chi connectivity index (χ3v) is 4.05. The van der Waals surface area contributed by atoms with E-state index < -0.39 is 0 Å². The summed E-state index contributed by atoms with van der Waals surface area (Å²) in [6, 6.07) is 10.5. The Labute approximate surface area is 135 Å². The minimum atomic E-state index is 0.787. The van der Waals surface area contributed by atoms with Crippen LogP contribution in [0.3, 0.4) is 0 Å². The molecule has 2 aromatic rings. The van der Waals surface area contributed by atoms with Crippen LogP contribution in [0, 0.1) is 0 Å². The van der Waals surface area contributed by atoms with Gasteiger partial charge in [-0.25, -0.2) is 0 Å². The predicted octanol–water partition coefficient (Wildman–Crippen LogP) is 4.57. The minimum absolute atomic E-state index is 0.787. The highest BCUT2D eigenvalue weighted by molar-refractivity contribution is 9.10. The fourth-order valence-corrected chi connectivity index (χ4v) is 2.96. The van der Waals surface area contributed by atoms with Crippen LogP contribution in [0.1, 0.15) is 31.6 Å². The lowest BCUT2D eigenvalue weighted by molar-refractivity contribution is 0.503. The van der Waals surface area contributed by atoms with Gasteiger partial charge in [-0.3, -0.25) is 0 Å². The molecule has 0 aliphatic heterocycles. The molecule has 3 nitrogen and oxygen atoms in total. The molecule has 1 heterocycles. The summed E-state index contributed by atoms with van der Waals surface area (Å²) >= 11 is 3.70. The fourth-order valence-electron chi connectivity index (χ4n) is 2.28. The Hall–Kier alpha value is -1.26. The first-order valence-corrected chi connectivity index (χ1v) is 8.30. The summed E-state index contributed by atoms with van der Waals surface area (Å²) in [5.41, 5.74) is 2.50. The second kappa shape index (κ2) is 8.25. The first-order valence-electron chi connectivity index (χ1n) is 7.51. The van der Waals surface area contributed by atoms with Crippen LogP contribution in [0.4, 0.5) is 5.69 Å². The summed E-state index contributed by atoms with van der Waals surface area (Å²) in [5, 5.41) is 3.43. The molecule has 1 aromatic carbocycles. The van der Waals surface area contributed by atoms with Crippen LogP contribution < -0.4 is 10.2 Å². The predicted molar refractivity (Wildman–Crippen MR) is 91.6 cm³/mol. The molecule has 0 atom stereocenters. The number of benzene rings is 1. The Morgan fingerprint density at radius 3 is 2.71 bits per heavy atom. The van der Waals surface area contributed by atoms with Crippen molar-refractivity contribution in [2.45, 2.75) is 33.4 Å². The van der Waals surface area contributed by atoms with Crippen LogP contribution in [0.5, 0.6) is 0 Å². The highest BCUT2D eigenvalue weighted by Crippen LogP contribution is 2.28. The van der Waals surface area contributed by atoms with Gasteiger partial charge in [0.15, 0.2) is 0 Å². The average Bonchev–Trinajstić information content (AvgIpc) is 2.99. The maximum atomic E-state index is 5.45. The third kappa shape index (κ3) is 4.61. The number of hydrogen-bond acceptors (Lipinski definition) is 3. The lowest BCUT2D eigenvalue weighted by Crippen LogP contribution is -2.22. The van der Waals surface area contributed by atoms with Gasteiger partial charge in [-0.05, 0) is 65.6 Å². The second-order valence-electron chi connectivity index (χ2n) is 5.06. The molecule has 0 radical (unpaired) electrons. The van der Waals surface area contributed by atoms with Crippen molar-refractivity contribution in [2.24, 2.45) is 0 Å². The molecular formula is C17H23BrN2O. The van der Waals surface area contributed by atoms with Gasteiger partial charge in [-0.15, -0.1) is 0 Å². The number of nitrogens with one attached hydrogen (secondary N) is 1. The lowest BCUT2D eigenvalue weighted by atomic mass is 10.2. The van der Waals surface area contributed by atoms with E-state index in [2.05, 4.69) is 58.2 Å². The molecule has 1 N–H and O–H groups in total. The van der Waals surface area contributed by atoms with Crippen LogP contribution in [0.2, 0.25) is 0 Å².